The van der Waals surface area contributed by atoms with E-state index in [0.29, 0.717) is 6.54 Å². The number of hydrogen-bond acceptors (Lipinski definition) is 3. The molecule has 0 amide bonds. The predicted molar refractivity (Wildman–Crippen MR) is 51.8 cm³/mol. The van der Waals surface area contributed by atoms with Gasteiger partial charge in [-0.3, -0.25) is 0 Å². The third-order valence-corrected chi connectivity index (χ3v) is 1.77. The van der Waals surface area contributed by atoms with Gasteiger partial charge in [-0.05, 0) is 31.2 Å². The lowest BCUT2D eigenvalue weighted by Gasteiger charge is -2.12. The molecule has 0 fully saturated rings. The van der Waals surface area contributed by atoms with Crippen molar-refractivity contribution in [1.82, 2.24) is 0 Å². The van der Waals surface area contributed by atoms with E-state index in [2.05, 4.69) is 5.29 Å². The van der Waals surface area contributed by atoms with Crippen LogP contribution >= 0.6 is 0 Å². The summed E-state index contributed by atoms with van der Waals surface area (Å²) in [6, 6.07) is 7.18. The minimum absolute atomic E-state index is 0.565. The molecule has 0 saturated carbocycles. The molecule has 70 valence electrons. The molecule has 0 aromatic heterocycles. The Kier molecular flexibility index (Phi) is 3.25. The standard InChI is InChI=1S/C9H12N2O2/c1-3-11(10-12)8-4-6-9(13-2)7-5-8/h4-7H,3H2,1-2H3. The maximum Gasteiger partial charge on any atom is 0.119 e. The van der Waals surface area contributed by atoms with Gasteiger partial charge in [0.05, 0.1) is 18.1 Å². The van der Waals surface area contributed by atoms with Gasteiger partial charge in [0.1, 0.15) is 5.75 Å². The van der Waals surface area contributed by atoms with Crippen LogP contribution < -0.4 is 9.75 Å². The summed E-state index contributed by atoms with van der Waals surface area (Å²) in [5.74, 6) is 0.769. The van der Waals surface area contributed by atoms with Crippen molar-refractivity contribution in [2.45, 2.75) is 6.92 Å². The van der Waals surface area contributed by atoms with Crippen molar-refractivity contribution in [1.29, 1.82) is 0 Å². The second kappa shape index (κ2) is 4.45. The van der Waals surface area contributed by atoms with Gasteiger partial charge in [0.25, 0.3) is 0 Å². The van der Waals surface area contributed by atoms with Crippen LogP contribution in [0.1, 0.15) is 6.92 Å². The molecular formula is C9H12N2O2. The summed E-state index contributed by atoms with van der Waals surface area (Å²) in [5, 5.41) is 4.25. The molecule has 0 heterocycles. The first-order valence-corrected chi connectivity index (χ1v) is 4.06. The SMILES string of the molecule is CCN(N=O)c1ccc(OC)cc1. The fourth-order valence-corrected chi connectivity index (χ4v) is 1.04. The molecule has 0 aliphatic rings. The second-order valence-corrected chi connectivity index (χ2v) is 2.50. The lowest BCUT2D eigenvalue weighted by atomic mass is 10.3. The third kappa shape index (κ3) is 2.18. The number of ether oxygens (including phenoxy) is 1. The lowest BCUT2D eigenvalue weighted by Crippen LogP contribution is -2.13. The number of hydrogen-bond donors (Lipinski definition) is 0. The number of nitrogens with zero attached hydrogens (tertiary/aromatic N) is 2. The van der Waals surface area contributed by atoms with E-state index in [1.165, 1.54) is 5.01 Å². The molecule has 13 heavy (non-hydrogen) atoms. The van der Waals surface area contributed by atoms with Crippen LogP contribution in [-0.2, 0) is 0 Å². The van der Waals surface area contributed by atoms with Gasteiger partial charge in [-0.1, -0.05) is 0 Å². The highest BCUT2D eigenvalue weighted by Crippen LogP contribution is 2.18. The zero-order chi connectivity index (χ0) is 9.68. The first-order valence-electron chi connectivity index (χ1n) is 4.06. The van der Waals surface area contributed by atoms with Crippen molar-refractivity contribution in [3.05, 3.63) is 29.2 Å². The Bertz CT molecular complexity index is 271. The van der Waals surface area contributed by atoms with E-state index in [-0.39, 0.29) is 0 Å². The number of rotatable bonds is 4. The zero-order valence-electron chi connectivity index (χ0n) is 7.73. The molecule has 1 aromatic rings. The molecule has 0 atom stereocenters. The molecule has 0 unspecified atom stereocenters. The summed E-state index contributed by atoms with van der Waals surface area (Å²) in [4.78, 5) is 10.3. The van der Waals surface area contributed by atoms with Crippen LogP contribution in [0.15, 0.2) is 29.6 Å². The Hall–Kier alpha value is -1.58. The molecule has 0 radical (unpaired) electrons. The van der Waals surface area contributed by atoms with Crippen molar-refractivity contribution in [2.75, 3.05) is 18.7 Å². The molecule has 4 nitrogen and oxygen atoms in total. The van der Waals surface area contributed by atoms with Gasteiger partial charge >= 0.3 is 0 Å². The van der Waals surface area contributed by atoms with Crippen molar-refractivity contribution in [2.24, 2.45) is 5.29 Å². The fraction of sp³-hybridized carbons (Fsp3) is 0.333. The topological polar surface area (TPSA) is 41.9 Å². The Labute approximate surface area is 77.1 Å². The largest absolute Gasteiger partial charge is 0.497 e. The second-order valence-electron chi connectivity index (χ2n) is 2.50. The van der Waals surface area contributed by atoms with E-state index in [1.54, 1.807) is 31.4 Å². The monoisotopic (exact) mass is 180 g/mol. The Morgan fingerprint density at radius 3 is 2.38 bits per heavy atom. The van der Waals surface area contributed by atoms with Gasteiger partial charge in [-0.25, -0.2) is 5.01 Å². The molecule has 4 heteroatoms. The van der Waals surface area contributed by atoms with Crippen LogP contribution in [0.25, 0.3) is 0 Å². The van der Waals surface area contributed by atoms with Gasteiger partial charge in [-0.2, -0.15) is 0 Å². The zero-order valence-corrected chi connectivity index (χ0v) is 7.73. The maximum absolute atomic E-state index is 10.3. The summed E-state index contributed by atoms with van der Waals surface area (Å²) in [6.07, 6.45) is 0. The first-order chi connectivity index (χ1) is 6.31. The Morgan fingerprint density at radius 2 is 2.00 bits per heavy atom. The molecule has 0 saturated heterocycles. The average molecular weight is 180 g/mol. The van der Waals surface area contributed by atoms with Crippen LogP contribution in [0.3, 0.4) is 0 Å². The molecule has 0 bridgehead atoms. The van der Waals surface area contributed by atoms with E-state index in [9.17, 15) is 4.91 Å². The first kappa shape index (κ1) is 9.51. The van der Waals surface area contributed by atoms with Crippen molar-refractivity contribution in [3.63, 3.8) is 0 Å². The third-order valence-electron chi connectivity index (χ3n) is 1.77. The highest BCUT2D eigenvalue weighted by Gasteiger charge is 2.02. The summed E-state index contributed by atoms with van der Waals surface area (Å²) in [6.45, 7) is 2.43. The van der Waals surface area contributed by atoms with Crippen LogP contribution in [0, 0.1) is 4.91 Å². The summed E-state index contributed by atoms with van der Waals surface area (Å²) >= 11 is 0. The molecule has 0 spiro atoms. The molecule has 0 N–H and O–H groups in total. The van der Waals surface area contributed by atoms with Gasteiger partial charge in [-0.15, -0.1) is 4.91 Å². The molecule has 1 aromatic carbocycles. The highest BCUT2D eigenvalue weighted by atomic mass is 16.5. The van der Waals surface area contributed by atoms with Gasteiger partial charge in [0, 0.05) is 6.54 Å². The van der Waals surface area contributed by atoms with E-state index >= 15 is 0 Å². The number of benzene rings is 1. The van der Waals surface area contributed by atoms with Crippen LogP contribution in [0.4, 0.5) is 5.69 Å². The van der Waals surface area contributed by atoms with Crippen LogP contribution in [0.2, 0.25) is 0 Å². The normalized spacial score (nSPS) is 9.38. The lowest BCUT2D eigenvalue weighted by molar-refractivity contribution is 0.415. The summed E-state index contributed by atoms with van der Waals surface area (Å²) in [5.41, 5.74) is 0.776. The fourth-order valence-electron chi connectivity index (χ4n) is 1.04. The highest BCUT2D eigenvalue weighted by molar-refractivity contribution is 5.47. The van der Waals surface area contributed by atoms with Gasteiger partial charge < -0.3 is 4.74 Å². The number of methoxy groups -OCH3 is 1. The maximum atomic E-state index is 10.3. The van der Waals surface area contributed by atoms with Gasteiger partial charge in [0.15, 0.2) is 0 Å². The molecule has 0 aliphatic carbocycles. The van der Waals surface area contributed by atoms with E-state index in [4.69, 9.17) is 4.74 Å². The Morgan fingerprint density at radius 1 is 1.38 bits per heavy atom. The molecule has 0 aliphatic heterocycles. The van der Waals surface area contributed by atoms with Crippen LogP contribution in [0.5, 0.6) is 5.75 Å². The van der Waals surface area contributed by atoms with E-state index in [1.807, 2.05) is 6.92 Å². The quantitative estimate of drug-likeness (QED) is 0.527. The summed E-state index contributed by atoms with van der Waals surface area (Å²) in [7, 11) is 1.60. The summed E-state index contributed by atoms with van der Waals surface area (Å²) < 4.78 is 4.99. The number of anilines is 1. The van der Waals surface area contributed by atoms with Crippen LogP contribution in [-0.4, -0.2) is 13.7 Å². The van der Waals surface area contributed by atoms with E-state index in [0.717, 1.165) is 11.4 Å². The minimum atomic E-state index is 0.565. The van der Waals surface area contributed by atoms with Crippen molar-refractivity contribution in [3.8, 4) is 5.75 Å². The minimum Gasteiger partial charge on any atom is -0.497 e. The van der Waals surface area contributed by atoms with Crippen molar-refractivity contribution >= 4 is 5.69 Å². The molecule has 1 rings (SSSR count). The molecular weight excluding hydrogens is 168 g/mol. The average Bonchev–Trinajstić information content (AvgIpc) is 2.21. The van der Waals surface area contributed by atoms with Crippen molar-refractivity contribution < 1.29 is 4.74 Å². The van der Waals surface area contributed by atoms with E-state index < -0.39 is 0 Å². The number of nitroso groups, excluding NO2 is 1. The Balaban J connectivity index is 2.83. The predicted octanol–water partition coefficient (Wildman–Crippen LogP) is 2.20. The van der Waals surface area contributed by atoms with Gasteiger partial charge in [0.2, 0.25) is 0 Å². The smallest absolute Gasteiger partial charge is 0.119 e.